The maximum atomic E-state index is 13.0. The Morgan fingerprint density at radius 1 is 1.20 bits per heavy atom. The number of hydrogen-bond donors (Lipinski definition) is 0. The van der Waals surface area contributed by atoms with Gasteiger partial charge in [0.25, 0.3) is 0 Å². The van der Waals surface area contributed by atoms with E-state index in [2.05, 4.69) is 4.74 Å². The van der Waals surface area contributed by atoms with Gasteiger partial charge in [0.1, 0.15) is 5.75 Å². The molecule has 8 heteroatoms. The molecule has 2 atom stereocenters. The molecule has 0 aliphatic carbocycles. The van der Waals surface area contributed by atoms with Crippen LogP contribution in [0.5, 0.6) is 5.75 Å². The second kappa shape index (κ2) is 7.05. The molecule has 25 heavy (non-hydrogen) atoms. The summed E-state index contributed by atoms with van der Waals surface area (Å²) in [7, 11) is -0.912. The Morgan fingerprint density at radius 3 is 2.44 bits per heavy atom. The Labute approximate surface area is 145 Å². The predicted octanol–water partition coefficient (Wildman–Crippen LogP) is 4.19. The first kappa shape index (κ1) is 18.4. The van der Waals surface area contributed by atoms with Gasteiger partial charge in [-0.3, -0.25) is 9.00 Å². The molecule has 1 aromatic carbocycles. The maximum Gasteiger partial charge on any atom is 0.461 e. The van der Waals surface area contributed by atoms with Crippen molar-refractivity contribution < 1.29 is 31.3 Å². The molecule has 0 radical (unpaired) electrons. The van der Waals surface area contributed by atoms with Gasteiger partial charge < -0.3 is 4.74 Å². The van der Waals surface area contributed by atoms with E-state index in [0.29, 0.717) is 12.8 Å². The zero-order valence-corrected chi connectivity index (χ0v) is 14.1. The summed E-state index contributed by atoms with van der Waals surface area (Å²) < 4.78 is 66.8. The van der Waals surface area contributed by atoms with Crippen molar-refractivity contribution in [3.8, 4) is 5.75 Å². The van der Waals surface area contributed by atoms with Gasteiger partial charge in [0.05, 0.1) is 0 Å². The van der Waals surface area contributed by atoms with Gasteiger partial charge >= 0.3 is 12.5 Å². The lowest BCUT2D eigenvalue weighted by molar-refractivity contribution is -0.253. The van der Waals surface area contributed by atoms with Gasteiger partial charge in [-0.15, -0.1) is 0 Å². The van der Waals surface area contributed by atoms with Crippen LogP contribution in [0.15, 0.2) is 24.3 Å². The average Bonchev–Trinajstić information content (AvgIpc) is 2.53. The van der Waals surface area contributed by atoms with E-state index in [1.54, 1.807) is 0 Å². The second-order valence-electron chi connectivity index (χ2n) is 6.53. The molecular formula is C17H18F4O3S. The van der Waals surface area contributed by atoms with Crippen LogP contribution < -0.4 is 4.74 Å². The summed E-state index contributed by atoms with van der Waals surface area (Å²) in [4.78, 5) is 12.7. The highest BCUT2D eigenvalue weighted by Gasteiger charge is 2.44. The highest BCUT2D eigenvalue weighted by Crippen LogP contribution is 2.38. The molecule has 138 valence electrons. The highest BCUT2D eigenvalue weighted by molar-refractivity contribution is 7.86. The van der Waals surface area contributed by atoms with Crippen LogP contribution in [0.25, 0.3) is 0 Å². The second-order valence-corrected chi connectivity index (χ2v) is 8.52. The minimum atomic E-state index is -4.61. The van der Waals surface area contributed by atoms with Crippen LogP contribution >= 0.6 is 0 Å². The van der Waals surface area contributed by atoms with Crippen molar-refractivity contribution in [2.24, 2.45) is 5.92 Å². The first-order valence-electron chi connectivity index (χ1n) is 8.16. The Balaban J connectivity index is 1.75. The van der Waals surface area contributed by atoms with Gasteiger partial charge in [-0.05, 0) is 37.8 Å². The number of carbonyl (C=O) groups is 1. The fraction of sp³-hybridized carbons (Fsp3) is 0.588. The third kappa shape index (κ3) is 3.88. The largest absolute Gasteiger partial charge is 0.461 e. The summed E-state index contributed by atoms with van der Waals surface area (Å²) in [5.74, 6) is -1.03. The third-order valence-electron chi connectivity index (χ3n) is 4.80. The number of ether oxygens (including phenoxy) is 1. The molecule has 3 rings (SSSR count). The number of fused-ring (bicyclic) bond motifs is 2. The quantitative estimate of drug-likeness (QED) is 0.570. The van der Waals surface area contributed by atoms with Crippen LogP contribution in [0.3, 0.4) is 0 Å². The molecule has 2 saturated heterocycles. The Kier molecular flexibility index (Phi) is 5.18. The molecule has 0 amide bonds. The van der Waals surface area contributed by atoms with Crippen molar-refractivity contribution in [3.63, 3.8) is 0 Å². The molecule has 2 unspecified atom stereocenters. The summed E-state index contributed by atoms with van der Waals surface area (Å²) in [6.45, 7) is 0. The summed E-state index contributed by atoms with van der Waals surface area (Å²) >= 11 is 0. The molecular weight excluding hydrogens is 360 g/mol. The lowest BCUT2D eigenvalue weighted by Gasteiger charge is -2.37. The van der Waals surface area contributed by atoms with Crippen molar-refractivity contribution >= 4 is 16.6 Å². The van der Waals surface area contributed by atoms with Crippen LogP contribution in [0.4, 0.5) is 17.6 Å². The first-order chi connectivity index (χ1) is 11.8. The van der Waals surface area contributed by atoms with Crippen molar-refractivity contribution in [2.45, 2.75) is 55.1 Å². The van der Waals surface area contributed by atoms with Crippen molar-refractivity contribution in [2.75, 3.05) is 0 Å². The van der Waals surface area contributed by atoms with Crippen LogP contribution in [0.2, 0.25) is 0 Å². The van der Waals surface area contributed by atoms with Gasteiger partial charge in [-0.2, -0.15) is 17.6 Å². The number of alkyl halides is 4. The smallest absolute Gasteiger partial charge is 0.428 e. The number of rotatable bonds is 5. The first-order valence-corrected chi connectivity index (χ1v) is 9.44. The van der Waals surface area contributed by atoms with Gasteiger partial charge in [0, 0.05) is 32.8 Å². The standard InChI is InChI=1S/C17H18F4O3S/c18-16(19)17(20,21)24-12-4-1-3-10(7-12)15(22)11-8-13-5-2-6-14(9-11)25(13)23/h1,3-4,7,11,13-14,16H,2,5-6,8-9H2. The SMILES string of the molecule is O=C(c1cccc(OC(F)(F)C(F)F)c1)C1CC2CCCC(C1)S2=O. The number of benzene rings is 1. The normalized spacial score (nSPS) is 29.5. The molecule has 0 N–H and O–H groups in total. The molecule has 2 aliphatic heterocycles. The van der Waals surface area contributed by atoms with E-state index in [1.165, 1.54) is 12.1 Å². The number of hydrogen-bond acceptors (Lipinski definition) is 3. The monoisotopic (exact) mass is 378 g/mol. The Morgan fingerprint density at radius 2 is 1.84 bits per heavy atom. The molecule has 2 bridgehead atoms. The topological polar surface area (TPSA) is 43.4 Å². The van der Waals surface area contributed by atoms with Crippen molar-refractivity contribution in [1.82, 2.24) is 0 Å². The summed E-state index contributed by atoms with van der Waals surface area (Å²) in [5, 5.41) is 0.00750. The van der Waals surface area contributed by atoms with E-state index in [1.807, 2.05) is 0 Å². The van der Waals surface area contributed by atoms with Gasteiger partial charge in [-0.1, -0.05) is 18.6 Å². The van der Waals surface area contributed by atoms with Gasteiger partial charge in [0.15, 0.2) is 5.78 Å². The average molecular weight is 378 g/mol. The van der Waals surface area contributed by atoms with Crippen LogP contribution in [0, 0.1) is 5.92 Å². The number of ketones is 1. The van der Waals surface area contributed by atoms with E-state index >= 15 is 0 Å². The number of carbonyl (C=O) groups excluding carboxylic acids is 1. The van der Waals surface area contributed by atoms with E-state index in [-0.39, 0.29) is 27.8 Å². The lowest BCUT2D eigenvalue weighted by Crippen LogP contribution is -2.41. The van der Waals surface area contributed by atoms with Crippen LogP contribution in [0.1, 0.15) is 42.5 Å². The zero-order chi connectivity index (χ0) is 18.2. The minimum Gasteiger partial charge on any atom is -0.428 e. The maximum absolute atomic E-state index is 13.0. The molecule has 0 spiro atoms. The molecule has 2 heterocycles. The fourth-order valence-electron chi connectivity index (χ4n) is 3.60. The van der Waals surface area contributed by atoms with Crippen LogP contribution in [-0.2, 0) is 10.8 Å². The Hall–Kier alpha value is -1.44. The Bertz CT molecular complexity index is 664. The summed E-state index contributed by atoms with van der Waals surface area (Å²) in [5.41, 5.74) is 0.151. The number of Topliss-reactive ketones (excluding diaryl/α,β-unsaturated/α-hetero) is 1. The molecule has 3 nitrogen and oxygen atoms in total. The van der Waals surface area contributed by atoms with Crippen LogP contribution in [-0.4, -0.2) is 33.0 Å². The predicted molar refractivity (Wildman–Crippen MR) is 84.6 cm³/mol. The van der Waals surface area contributed by atoms with Crippen molar-refractivity contribution in [3.05, 3.63) is 29.8 Å². The third-order valence-corrected chi connectivity index (χ3v) is 6.97. The van der Waals surface area contributed by atoms with Gasteiger partial charge in [0.2, 0.25) is 0 Å². The van der Waals surface area contributed by atoms with E-state index < -0.39 is 29.1 Å². The minimum absolute atomic E-state index is 0.00375. The fourth-order valence-corrected chi connectivity index (χ4v) is 5.78. The summed E-state index contributed by atoms with van der Waals surface area (Å²) in [6.07, 6.45) is -4.87. The van der Waals surface area contributed by atoms with E-state index in [9.17, 15) is 26.6 Å². The highest BCUT2D eigenvalue weighted by atomic mass is 32.2. The summed E-state index contributed by atoms with van der Waals surface area (Å²) in [6, 6.07) is 4.96. The molecule has 2 aliphatic rings. The molecule has 1 aromatic rings. The van der Waals surface area contributed by atoms with E-state index in [0.717, 1.165) is 31.4 Å². The molecule has 0 saturated carbocycles. The van der Waals surface area contributed by atoms with Gasteiger partial charge in [-0.25, -0.2) is 0 Å². The zero-order valence-electron chi connectivity index (χ0n) is 13.3. The number of halogens is 4. The van der Waals surface area contributed by atoms with Crippen molar-refractivity contribution in [1.29, 1.82) is 0 Å². The molecule has 2 fully saturated rings. The molecule has 0 aromatic heterocycles. The lowest BCUT2D eigenvalue weighted by atomic mass is 9.84. The van der Waals surface area contributed by atoms with E-state index in [4.69, 9.17) is 0 Å².